The third kappa shape index (κ3) is 4.97. The molecule has 3 aromatic heterocycles. The summed E-state index contributed by atoms with van der Waals surface area (Å²) < 4.78 is 1.93. The van der Waals surface area contributed by atoms with Gasteiger partial charge in [0.2, 0.25) is 0 Å². The SMILES string of the molecule is Cn1c(CNc2cccc(CNCc3cnn(-c4ccccc4)n3)c2)nnc1-c1ccncn1. The van der Waals surface area contributed by atoms with E-state index in [1.54, 1.807) is 17.2 Å². The minimum absolute atomic E-state index is 0.550. The summed E-state index contributed by atoms with van der Waals surface area (Å²) in [5.74, 6) is 1.53. The minimum Gasteiger partial charge on any atom is -0.378 e. The summed E-state index contributed by atoms with van der Waals surface area (Å²) in [6.45, 7) is 1.90. The Bertz CT molecular complexity index is 1340. The normalized spacial score (nSPS) is 11.0. The van der Waals surface area contributed by atoms with E-state index in [1.165, 1.54) is 11.9 Å². The lowest BCUT2D eigenvalue weighted by Gasteiger charge is -2.09. The summed E-state index contributed by atoms with van der Waals surface area (Å²) in [6.07, 6.45) is 4.99. The highest BCUT2D eigenvalue weighted by atomic mass is 15.5. The highest BCUT2D eigenvalue weighted by molar-refractivity contribution is 5.49. The molecule has 0 unspecified atom stereocenters. The van der Waals surface area contributed by atoms with Gasteiger partial charge >= 0.3 is 0 Å². The van der Waals surface area contributed by atoms with E-state index in [9.17, 15) is 0 Å². The minimum atomic E-state index is 0.550. The van der Waals surface area contributed by atoms with Gasteiger partial charge in [-0.05, 0) is 35.9 Å². The van der Waals surface area contributed by atoms with Crippen molar-refractivity contribution in [2.24, 2.45) is 7.05 Å². The number of nitrogens with one attached hydrogen (secondary N) is 2. The lowest BCUT2D eigenvalue weighted by atomic mass is 10.2. The number of hydrogen-bond donors (Lipinski definition) is 2. The molecule has 0 atom stereocenters. The van der Waals surface area contributed by atoms with Crippen LogP contribution < -0.4 is 10.6 Å². The first-order chi connectivity index (χ1) is 16.8. The maximum atomic E-state index is 4.53. The number of nitrogens with zero attached hydrogens (tertiary/aromatic N) is 8. The molecule has 0 saturated heterocycles. The summed E-state index contributed by atoms with van der Waals surface area (Å²) in [5.41, 5.74) is 4.76. The Morgan fingerprint density at radius 2 is 1.82 bits per heavy atom. The first-order valence-corrected chi connectivity index (χ1v) is 10.9. The molecule has 2 aromatic carbocycles. The number of para-hydroxylation sites is 1. The molecule has 5 aromatic rings. The van der Waals surface area contributed by atoms with Crippen LogP contribution in [0.25, 0.3) is 17.2 Å². The molecule has 34 heavy (non-hydrogen) atoms. The maximum Gasteiger partial charge on any atom is 0.182 e. The molecule has 0 aliphatic carbocycles. The highest BCUT2D eigenvalue weighted by Crippen LogP contribution is 2.16. The Labute approximate surface area is 196 Å². The van der Waals surface area contributed by atoms with Gasteiger partial charge in [-0.3, -0.25) is 0 Å². The number of aromatic nitrogens is 8. The third-order valence-electron chi connectivity index (χ3n) is 5.32. The molecular weight excluding hydrogens is 428 g/mol. The van der Waals surface area contributed by atoms with Crippen molar-refractivity contribution < 1.29 is 0 Å². The van der Waals surface area contributed by atoms with Gasteiger partial charge in [0.25, 0.3) is 0 Å². The van der Waals surface area contributed by atoms with Crippen molar-refractivity contribution in [3.63, 3.8) is 0 Å². The average molecular weight is 453 g/mol. The zero-order chi connectivity index (χ0) is 23.2. The Kier molecular flexibility index (Phi) is 6.30. The van der Waals surface area contributed by atoms with Gasteiger partial charge in [-0.25, -0.2) is 9.97 Å². The Hall–Kier alpha value is -4.44. The molecule has 0 spiro atoms. The van der Waals surface area contributed by atoms with Gasteiger partial charge in [0.15, 0.2) is 11.6 Å². The van der Waals surface area contributed by atoms with Crippen molar-refractivity contribution in [3.05, 3.63) is 96.5 Å². The molecule has 3 heterocycles. The van der Waals surface area contributed by atoms with Crippen LogP contribution in [0, 0.1) is 0 Å². The van der Waals surface area contributed by atoms with E-state index < -0.39 is 0 Å². The number of anilines is 1. The number of hydrogen-bond acceptors (Lipinski definition) is 8. The summed E-state index contributed by atoms with van der Waals surface area (Å²) in [7, 11) is 1.93. The fourth-order valence-electron chi connectivity index (χ4n) is 3.53. The fraction of sp³-hybridized carbons (Fsp3) is 0.167. The molecule has 0 radical (unpaired) electrons. The third-order valence-corrected chi connectivity index (χ3v) is 5.32. The van der Waals surface area contributed by atoms with Gasteiger partial charge in [0.1, 0.15) is 12.0 Å². The van der Waals surface area contributed by atoms with Crippen LogP contribution >= 0.6 is 0 Å². The van der Waals surface area contributed by atoms with E-state index in [4.69, 9.17) is 0 Å². The molecule has 2 N–H and O–H groups in total. The zero-order valence-electron chi connectivity index (χ0n) is 18.7. The monoisotopic (exact) mass is 452 g/mol. The Balaban J connectivity index is 1.15. The number of rotatable bonds is 9. The molecule has 5 rings (SSSR count). The quantitative estimate of drug-likeness (QED) is 0.351. The van der Waals surface area contributed by atoms with E-state index >= 15 is 0 Å². The van der Waals surface area contributed by atoms with Crippen molar-refractivity contribution in [3.8, 4) is 17.2 Å². The average Bonchev–Trinajstić information content (AvgIpc) is 3.51. The molecule has 0 amide bonds. The standard InChI is InChI=1S/C24H24N10/c1-33-23(30-31-24(33)22-10-11-25-17-28-22)16-27-19-7-5-6-18(12-19)13-26-14-20-15-29-34(32-20)21-8-3-2-4-9-21/h2-12,15,17,26-27H,13-14,16H2,1H3. The summed E-state index contributed by atoms with van der Waals surface area (Å²) in [5, 5.41) is 24.3. The van der Waals surface area contributed by atoms with Crippen LogP contribution in [0.2, 0.25) is 0 Å². The van der Waals surface area contributed by atoms with E-state index in [-0.39, 0.29) is 0 Å². The first kappa shape index (κ1) is 21.4. The molecular formula is C24H24N10. The first-order valence-electron chi connectivity index (χ1n) is 10.9. The van der Waals surface area contributed by atoms with Crippen LogP contribution in [0.4, 0.5) is 5.69 Å². The van der Waals surface area contributed by atoms with Crippen LogP contribution in [0.1, 0.15) is 17.1 Å². The summed E-state index contributed by atoms with van der Waals surface area (Å²) in [6, 6.07) is 20.0. The van der Waals surface area contributed by atoms with Crippen molar-refractivity contribution in [2.75, 3.05) is 5.32 Å². The lowest BCUT2D eigenvalue weighted by Crippen LogP contribution is -2.13. The second kappa shape index (κ2) is 10.0. The molecule has 0 bridgehead atoms. The Morgan fingerprint density at radius 3 is 2.68 bits per heavy atom. The van der Waals surface area contributed by atoms with Crippen LogP contribution in [0.5, 0.6) is 0 Å². The topological polar surface area (TPSA) is 111 Å². The van der Waals surface area contributed by atoms with Crippen molar-refractivity contribution in [1.82, 2.24) is 45.0 Å². The number of benzene rings is 2. The van der Waals surface area contributed by atoms with Crippen molar-refractivity contribution in [1.29, 1.82) is 0 Å². The summed E-state index contributed by atoms with van der Waals surface area (Å²) in [4.78, 5) is 9.84. The fourth-order valence-corrected chi connectivity index (χ4v) is 3.53. The molecule has 0 fully saturated rings. The van der Waals surface area contributed by atoms with Crippen molar-refractivity contribution in [2.45, 2.75) is 19.6 Å². The lowest BCUT2D eigenvalue weighted by molar-refractivity contribution is 0.662. The van der Waals surface area contributed by atoms with Crippen LogP contribution in [-0.4, -0.2) is 39.7 Å². The van der Waals surface area contributed by atoms with Gasteiger partial charge in [0, 0.05) is 32.0 Å². The van der Waals surface area contributed by atoms with Crippen LogP contribution in [0.15, 0.2) is 79.4 Å². The smallest absolute Gasteiger partial charge is 0.182 e. The predicted molar refractivity (Wildman–Crippen MR) is 128 cm³/mol. The van der Waals surface area contributed by atoms with Gasteiger partial charge in [-0.15, -0.1) is 10.2 Å². The molecule has 170 valence electrons. The second-order valence-corrected chi connectivity index (χ2v) is 7.71. The predicted octanol–water partition coefficient (Wildman–Crippen LogP) is 2.75. The van der Waals surface area contributed by atoms with Crippen LogP contribution in [0.3, 0.4) is 0 Å². The molecule has 10 nitrogen and oxygen atoms in total. The molecule has 0 saturated carbocycles. The van der Waals surface area contributed by atoms with Gasteiger partial charge < -0.3 is 15.2 Å². The highest BCUT2D eigenvalue weighted by Gasteiger charge is 2.11. The second-order valence-electron chi connectivity index (χ2n) is 7.71. The van der Waals surface area contributed by atoms with Gasteiger partial charge in [0.05, 0.1) is 24.1 Å². The summed E-state index contributed by atoms with van der Waals surface area (Å²) >= 11 is 0. The maximum absolute atomic E-state index is 4.53. The van der Waals surface area contributed by atoms with Gasteiger partial charge in [-0.2, -0.15) is 15.0 Å². The zero-order valence-corrected chi connectivity index (χ0v) is 18.7. The molecule has 0 aliphatic rings. The van der Waals surface area contributed by atoms with Crippen LogP contribution in [-0.2, 0) is 26.7 Å². The van der Waals surface area contributed by atoms with E-state index in [2.05, 4.69) is 53.1 Å². The van der Waals surface area contributed by atoms with Gasteiger partial charge in [-0.1, -0.05) is 30.3 Å². The largest absolute Gasteiger partial charge is 0.378 e. The molecule has 10 heteroatoms. The molecule has 0 aliphatic heterocycles. The van der Waals surface area contributed by atoms with Crippen molar-refractivity contribution >= 4 is 5.69 Å². The van der Waals surface area contributed by atoms with E-state index in [1.807, 2.05) is 60.1 Å². The Morgan fingerprint density at radius 1 is 0.912 bits per heavy atom. The van der Waals surface area contributed by atoms with E-state index in [0.717, 1.165) is 35.1 Å². The van der Waals surface area contributed by atoms with E-state index in [0.29, 0.717) is 18.9 Å².